The van der Waals surface area contributed by atoms with Crippen molar-refractivity contribution in [1.82, 2.24) is 0 Å². The summed E-state index contributed by atoms with van der Waals surface area (Å²) in [7, 11) is 0. The molecule has 17 heteroatoms. The van der Waals surface area contributed by atoms with Crippen molar-refractivity contribution in [2.75, 3.05) is 0 Å². The Morgan fingerprint density at radius 3 is 1.84 bits per heavy atom. The molecule has 0 aromatic rings. The Morgan fingerprint density at radius 1 is 0.875 bits per heavy atom. The predicted molar refractivity (Wildman–Crippen MR) is 99.7 cm³/mol. The molecule has 2 aliphatic rings. The molecule has 6 N–H and O–H groups in total. The molecule has 0 radical (unpaired) electrons. The Morgan fingerprint density at radius 2 is 1.34 bits per heavy atom. The van der Waals surface area contributed by atoms with Crippen molar-refractivity contribution in [3.8, 4) is 0 Å². The van der Waals surface area contributed by atoms with Gasteiger partial charge in [-0.1, -0.05) is 0 Å². The molecule has 2 rings (SSSR count). The predicted octanol–water partition coefficient (Wildman–Crippen LogP) is -3.43. The van der Waals surface area contributed by atoms with Crippen molar-refractivity contribution in [3.05, 3.63) is 0 Å². The summed E-state index contributed by atoms with van der Waals surface area (Å²) >= 11 is -6.99. The molecule has 0 bridgehead atoms. The fourth-order valence-electron chi connectivity index (χ4n) is 2.36. The van der Waals surface area contributed by atoms with Crippen molar-refractivity contribution in [1.29, 1.82) is 0 Å². The second-order valence-corrected chi connectivity index (χ2v) is 9.36. The minimum absolute atomic E-state index is 0.0230. The highest BCUT2D eigenvalue weighted by Crippen LogP contribution is 2.11. The van der Waals surface area contributed by atoms with Crippen LogP contribution in [0.3, 0.4) is 0 Å². The van der Waals surface area contributed by atoms with E-state index in [0.29, 0.717) is 0 Å². The molecule has 15 nitrogen and oxygen atoms in total. The molecule has 0 saturated carbocycles. The Bertz CT molecular complexity index is 781. The van der Waals surface area contributed by atoms with Crippen LogP contribution in [-0.2, 0) is 51.5 Å². The second-order valence-electron chi connectivity index (χ2n) is 6.79. The van der Waals surface area contributed by atoms with Crippen molar-refractivity contribution in [2.45, 2.75) is 56.7 Å². The normalized spacial score (nSPS) is 23.2. The summed E-state index contributed by atoms with van der Waals surface area (Å²) in [5.41, 5.74) is 16.7. The molecule has 32 heavy (non-hydrogen) atoms. The van der Waals surface area contributed by atoms with Gasteiger partial charge in [-0.3, -0.25) is 28.8 Å². The van der Waals surface area contributed by atoms with Crippen LogP contribution in [0.2, 0.25) is 0 Å². The van der Waals surface area contributed by atoms with E-state index in [0.717, 1.165) is 0 Å². The molecule has 3 atom stereocenters. The highest BCUT2D eigenvalue weighted by molar-refractivity contribution is 6.45. The first-order valence-electron chi connectivity index (χ1n) is 9.52. The van der Waals surface area contributed by atoms with Gasteiger partial charge in [-0.25, -0.2) is 0 Å². The van der Waals surface area contributed by atoms with E-state index in [2.05, 4.69) is 0 Å². The number of hydrogen-bond donors (Lipinski definition) is 3. The SMILES string of the molecule is N[C@@H]1CCC(=O)[O][Al]([O]C(=O)CC[C@H](N)C(=O)[O][Al]2[O]C(=O)CC[C@@H](N)C(=O)[O]2)[O]C1=O. The van der Waals surface area contributed by atoms with Crippen LogP contribution >= 0.6 is 0 Å². The zero-order valence-electron chi connectivity index (χ0n) is 16.8. The van der Waals surface area contributed by atoms with Crippen LogP contribution in [0.25, 0.3) is 0 Å². The maximum absolute atomic E-state index is 12.1. The number of carbonyl (C=O) groups is 6. The maximum atomic E-state index is 12.1. The monoisotopic (exact) mass is 489 g/mol. The van der Waals surface area contributed by atoms with Gasteiger partial charge < -0.3 is 39.9 Å². The van der Waals surface area contributed by atoms with E-state index in [1.807, 2.05) is 0 Å². The van der Waals surface area contributed by atoms with Crippen molar-refractivity contribution in [3.63, 3.8) is 0 Å². The molecule has 2 heterocycles. The Kier molecular flexibility index (Phi) is 9.86. The van der Waals surface area contributed by atoms with E-state index in [4.69, 9.17) is 39.9 Å². The number of hydrogen-bond acceptors (Lipinski definition) is 15. The summed E-state index contributed by atoms with van der Waals surface area (Å²) in [6, 6.07) is -3.48. The van der Waals surface area contributed by atoms with Crippen LogP contribution in [0.15, 0.2) is 0 Å². The summed E-state index contributed by atoms with van der Waals surface area (Å²) in [6.45, 7) is 0. The van der Waals surface area contributed by atoms with Gasteiger partial charge in [0.05, 0.1) is 0 Å². The first kappa shape index (κ1) is 26.0. The van der Waals surface area contributed by atoms with Crippen molar-refractivity contribution >= 4 is 66.1 Å². The summed E-state index contributed by atoms with van der Waals surface area (Å²) < 4.78 is 29.0. The van der Waals surface area contributed by atoms with E-state index in [1.54, 1.807) is 0 Å². The standard InChI is InChI=1S/3C5H9NO4.2Al/c3*6-3(5(9)10)1-2-4(7)8;;/h3*3H,1-2,6H2,(H,7,8)(H,9,10);;/q;;;2*+3/p-6/t3*3-;;/m110../s1. The molecular weight excluding hydrogens is 468 g/mol. The number of nitrogens with two attached hydrogens (primary N) is 3. The third-order valence-electron chi connectivity index (χ3n) is 4.21. The van der Waals surface area contributed by atoms with Crippen LogP contribution in [0, 0.1) is 0 Å². The second kappa shape index (κ2) is 12.1. The fourth-order valence-corrected chi connectivity index (χ4v) is 4.74. The zero-order chi connectivity index (χ0) is 23.8. The quantitative estimate of drug-likeness (QED) is 0.308. The van der Waals surface area contributed by atoms with Crippen molar-refractivity contribution < 1.29 is 51.5 Å². The van der Waals surface area contributed by atoms with E-state index in [9.17, 15) is 28.8 Å². The third-order valence-corrected chi connectivity index (χ3v) is 6.85. The number of rotatable bonds is 6. The summed E-state index contributed by atoms with van der Waals surface area (Å²) in [5.74, 6) is -5.27. The van der Waals surface area contributed by atoms with Gasteiger partial charge in [0.2, 0.25) is 0 Å². The topological polar surface area (TPSA) is 236 Å². The minimum atomic E-state index is -3.52. The molecule has 0 aromatic heterocycles. The lowest BCUT2D eigenvalue weighted by Gasteiger charge is -2.21. The van der Waals surface area contributed by atoms with Crippen LogP contribution in [0.4, 0.5) is 0 Å². The summed E-state index contributed by atoms with van der Waals surface area (Å²) in [6.07, 6.45) is -0.959. The van der Waals surface area contributed by atoms with Crippen LogP contribution < -0.4 is 17.2 Å². The Labute approximate surface area is 191 Å². The first-order chi connectivity index (χ1) is 15.0. The van der Waals surface area contributed by atoms with E-state index in [1.165, 1.54) is 0 Å². The lowest BCUT2D eigenvalue weighted by atomic mass is 10.2. The van der Waals surface area contributed by atoms with Gasteiger partial charge >= 0.3 is 30.3 Å². The molecule has 174 valence electrons. The van der Waals surface area contributed by atoms with E-state index < -0.39 is 90.7 Å². The number of carbonyl (C=O) groups excluding carboxylic acids is 6. The minimum Gasteiger partial charge on any atom is -0.551 e. The van der Waals surface area contributed by atoms with Gasteiger partial charge in [-0.15, -0.1) is 0 Å². The average Bonchev–Trinajstić information content (AvgIpc) is 2.72. The van der Waals surface area contributed by atoms with Crippen LogP contribution in [0.1, 0.15) is 38.5 Å². The smallest absolute Gasteiger partial charge is 0.551 e. The van der Waals surface area contributed by atoms with Gasteiger partial charge in [0.25, 0.3) is 35.8 Å². The molecule has 2 saturated heterocycles. The molecule has 2 fully saturated rings. The summed E-state index contributed by atoms with van der Waals surface area (Å²) in [5, 5.41) is 0. The Balaban J connectivity index is 1.81. The lowest BCUT2D eigenvalue weighted by molar-refractivity contribution is -0.153. The van der Waals surface area contributed by atoms with E-state index >= 15 is 0 Å². The molecule has 0 aliphatic carbocycles. The third kappa shape index (κ3) is 8.36. The van der Waals surface area contributed by atoms with Gasteiger partial charge in [0.15, 0.2) is 0 Å². The van der Waals surface area contributed by atoms with Crippen LogP contribution in [-0.4, -0.2) is 84.2 Å². The molecule has 0 aromatic carbocycles. The maximum Gasteiger partial charge on any atom is 1.20 e. The van der Waals surface area contributed by atoms with Gasteiger partial charge in [0, 0.05) is 19.3 Å². The Hall–Kier alpha value is -2.24. The first-order valence-corrected chi connectivity index (χ1v) is 12.3. The zero-order valence-corrected chi connectivity index (χ0v) is 19.1. The van der Waals surface area contributed by atoms with Crippen LogP contribution in [0.5, 0.6) is 0 Å². The van der Waals surface area contributed by atoms with Gasteiger partial charge in [-0.05, 0) is 19.3 Å². The molecule has 0 amide bonds. The summed E-state index contributed by atoms with van der Waals surface area (Å²) in [4.78, 5) is 70.6. The van der Waals surface area contributed by atoms with Gasteiger partial charge in [0.1, 0.15) is 18.1 Å². The molecule has 2 aliphatic heterocycles. The average molecular weight is 489 g/mol. The molecule has 0 spiro atoms. The lowest BCUT2D eigenvalue weighted by Crippen LogP contribution is -2.46. The van der Waals surface area contributed by atoms with Crippen molar-refractivity contribution in [2.24, 2.45) is 17.2 Å². The van der Waals surface area contributed by atoms with E-state index in [-0.39, 0.29) is 32.1 Å². The fraction of sp³-hybridized carbons (Fsp3) is 0.600. The largest absolute Gasteiger partial charge is 1.20 e. The highest BCUT2D eigenvalue weighted by atomic mass is 27.3. The highest BCUT2D eigenvalue weighted by Gasteiger charge is 2.52. The molecule has 0 unspecified atom stereocenters. The van der Waals surface area contributed by atoms with Gasteiger partial charge in [-0.2, -0.15) is 0 Å². The molecular formula is C15H21Al2N3O12.